The normalized spacial score (nSPS) is 12.6. The molecule has 1 aromatic rings. The number of benzene rings is 1. The number of hydrogen-bond acceptors (Lipinski definition) is 5. The van der Waals surface area contributed by atoms with Gasteiger partial charge in [0.25, 0.3) is 0 Å². The third-order valence-corrected chi connectivity index (χ3v) is 2.77. The lowest BCUT2D eigenvalue weighted by Gasteiger charge is -2.15. The van der Waals surface area contributed by atoms with Gasteiger partial charge in [0.1, 0.15) is 0 Å². The maximum Gasteiger partial charge on any atom is 0.0737 e. The summed E-state index contributed by atoms with van der Waals surface area (Å²) in [4.78, 5) is 0. The highest BCUT2D eigenvalue weighted by Crippen LogP contribution is 2.20. The van der Waals surface area contributed by atoms with Crippen molar-refractivity contribution in [3.63, 3.8) is 0 Å². The van der Waals surface area contributed by atoms with Crippen molar-refractivity contribution in [3.05, 3.63) is 23.8 Å². The molecule has 0 aromatic heterocycles. The van der Waals surface area contributed by atoms with E-state index in [9.17, 15) is 8.76 Å². The maximum atomic E-state index is 10.7. The third-order valence-electron chi connectivity index (χ3n) is 2.38. The summed E-state index contributed by atoms with van der Waals surface area (Å²) in [6.07, 6.45) is 0. The second kappa shape index (κ2) is 8.11. The Morgan fingerprint density at radius 1 is 1.47 bits per heavy atom. The molecule has 1 atom stereocenters. The SMILES string of the molecule is CC(C)NCCOCc1ccc(N)cc1NS(=O)[O-]. The summed E-state index contributed by atoms with van der Waals surface area (Å²) >= 11 is -2.37. The van der Waals surface area contributed by atoms with E-state index < -0.39 is 11.3 Å². The molecule has 1 rings (SSSR count). The Morgan fingerprint density at radius 3 is 2.84 bits per heavy atom. The highest BCUT2D eigenvalue weighted by Gasteiger charge is 2.03. The molecule has 4 N–H and O–H groups in total. The standard InChI is InChI=1S/C12H21N3O3S/c1-9(2)14-5-6-18-8-10-3-4-11(13)7-12(10)15-19(16)17/h3-4,7,9,14-15H,5-6,8,13H2,1-2H3,(H,16,17)/p-1. The van der Waals surface area contributed by atoms with Crippen molar-refractivity contribution in [2.24, 2.45) is 0 Å². The fourth-order valence-electron chi connectivity index (χ4n) is 1.51. The van der Waals surface area contributed by atoms with Gasteiger partial charge in [-0.1, -0.05) is 19.9 Å². The lowest BCUT2D eigenvalue weighted by Crippen LogP contribution is -2.26. The van der Waals surface area contributed by atoms with E-state index in [2.05, 4.69) is 23.9 Å². The Balaban J connectivity index is 2.50. The van der Waals surface area contributed by atoms with Crippen molar-refractivity contribution >= 4 is 22.6 Å². The molecule has 108 valence electrons. The molecule has 0 heterocycles. The highest BCUT2D eigenvalue weighted by molar-refractivity contribution is 7.80. The van der Waals surface area contributed by atoms with E-state index in [1.807, 2.05) is 0 Å². The van der Waals surface area contributed by atoms with E-state index in [0.717, 1.165) is 12.1 Å². The minimum Gasteiger partial charge on any atom is -0.755 e. The largest absolute Gasteiger partial charge is 0.755 e. The van der Waals surface area contributed by atoms with Gasteiger partial charge in [-0.05, 0) is 12.1 Å². The molecule has 6 nitrogen and oxygen atoms in total. The summed E-state index contributed by atoms with van der Waals surface area (Å²) in [5, 5.41) is 3.23. The summed E-state index contributed by atoms with van der Waals surface area (Å²) in [7, 11) is 0. The van der Waals surface area contributed by atoms with Gasteiger partial charge in [-0.3, -0.25) is 4.21 Å². The Kier molecular flexibility index (Phi) is 6.79. The first-order valence-electron chi connectivity index (χ1n) is 6.04. The predicted molar refractivity (Wildman–Crippen MR) is 76.2 cm³/mol. The molecule has 7 heteroatoms. The molecule has 0 aliphatic heterocycles. The zero-order chi connectivity index (χ0) is 14.3. The zero-order valence-corrected chi connectivity index (χ0v) is 12.0. The van der Waals surface area contributed by atoms with Crippen LogP contribution in [0.2, 0.25) is 0 Å². The topological polar surface area (TPSA) is 99.4 Å². The quantitative estimate of drug-likeness (QED) is 0.376. The molecule has 0 aliphatic carbocycles. The van der Waals surface area contributed by atoms with Crippen LogP contribution in [-0.4, -0.2) is 28.0 Å². The molecule has 0 amide bonds. The van der Waals surface area contributed by atoms with Gasteiger partial charge < -0.3 is 25.1 Å². The van der Waals surface area contributed by atoms with Crippen molar-refractivity contribution in [3.8, 4) is 0 Å². The average molecular weight is 286 g/mol. The van der Waals surface area contributed by atoms with Crippen LogP contribution in [0.5, 0.6) is 0 Å². The number of nitrogens with one attached hydrogen (secondary N) is 2. The predicted octanol–water partition coefficient (Wildman–Crippen LogP) is 0.989. The van der Waals surface area contributed by atoms with Gasteiger partial charge in [-0.25, -0.2) is 0 Å². The molecule has 0 spiro atoms. The first-order chi connectivity index (χ1) is 8.99. The Bertz CT molecular complexity index is 427. The molecule has 0 bridgehead atoms. The molecule has 0 radical (unpaired) electrons. The number of hydrogen-bond donors (Lipinski definition) is 3. The van der Waals surface area contributed by atoms with E-state index in [1.165, 1.54) is 0 Å². The number of anilines is 2. The monoisotopic (exact) mass is 286 g/mol. The van der Waals surface area contributed by atoms with Gasteiger partial charge in [-0.2, -0.15) is 0 Å². The summed E-state index contributed by atoms with van der Waals surface area (Å²) < 4.78 is 29.2. The summed E-state index contributed by atoms with van der Waals surface area (Å²) in [5.41, 5.74) is 7.32. The lowest BCUT2D eigenvalue weighted by molar-refractivity contribution is 0.122. The van der Waals surface area contributed by atoms with E-state index in [4.69, 9.17) is 10.5 Å². The molecule has 19 heavy (non-hydrogen) atoms. The molecular weight excluding hydrogens is 266 g/mol. The zero-order valence-electron chi connectivity index (χ0n) is 11.1. The second-order valence-electron chi connectivity index (χ2n) is 4.41. The van der Waals surface area contributed by atoms with Gasteiger partial charge >= 0.3 is 0 Å². The number of nitrogens with two attached hydrogens (primary N) is 1. The first kappa shape index (κ1) is 15.9. The van der Waals surface area contributed by atoms with Crippen LogP contribution < -0.4 is 15.8 Å². The summed E-state index contributed by atoms with van der Waals surface area (Å²) in [6.45, 7) is 5.77. The summed E-state index contributed by atoms with van der Waals surface area (Å²) in [5.74, 6) is 0. The molecule has 0 saturated carbocycles. The van der Waals surface area contributed by atoms with Crippen LogP contribution in [0.25, 0.3) is 0 Å². The van der Waals surface area contributed by atoms with Crippen molar-refractivity contribution in [1.29, 1.82) is 0 Å². The fourth-order valence-corrected chi connectivity index (χ4v) is 1.88. The highest BCUT2D eigenvalue weighted by atomic mass is 32.2. The third kappa shape index (κ3) is 6.53. The average Bonchev–Trinajstić information content (AvgIpc) is 2.30. The number of ether oxygens (including phenoxy) is 1. The molecular formula is C12H20N3O3S-. The smallest absolute Gasteiger partial charge is 0.0737 e. The fraction of sp³-hybridized carbons (Fsp3) is 0.500. The Morgan fingerprint density at radius 2 is 2.21 bits per heavy atom. The molecule has 1 aromatic carbocycles. The van der Waals surface area contributed by atoms with E-state index in [1.54, 1.807) is 18.2 Å². The minimum atomic E-state index is -2.37. The van der Waals surface area contributed by atoms with Gasteiger partial charge in [0, 0.05) is 35.1 Å². The molecule has 1 unspecified atom stereocenters. The van der Waals surface area contributed by atoms with Gasteiger partial charge in [-0.15, -0.1) is 0 Å². The van der Waals surface area contributed by atoms with Crippen LogP contribution in [0.15, 0.2) is 18.2 Å². The minimum absolute atomic E-state index is 0.333. The van der Waals surface area contributed by atoms with Crippen molar-refractivity contribution < 1.29 is 13.5 Å². The van der Waals surface area contributed by atoms with Crippen LogP contribution >= 0.6 is 0 Å². The van der Waals surface area contributed by atoms with Crippen molar-refractivity contribution in [2.75, 3.05) is 23.6 Å². The number of nitrogen functional groups attached to an aromatic ring is 1. The van der Waals surface area contributed by atoms with Crippen LogP contribution in [0.3, 0.4) is 0 Å². The van der Waals surface area contributed by atoms with Crippen molar-refractivity contribution in [1.82, 2.24) is 5.32 Å². The van der Waals surface area contributed by atoms with Crippen molar-refractivity contribution in [2.45, 2.75) is 26.5 Å². The number of rotatable bonds is 8. The van der Waals surface area contributed by atoms with Gasteiger partial charge in [0.05, 0.1) is 18.9 Å². The van der Waals surface area contributed by atoms with Crippen LogP contribution in [0.4, 0.5) is 11.4 Å². The Labute approximate surface area is 116 Å². The van der Waals surface area contributed by atoms with E-state index >= 15 is 0 Å². The summed E-state index contributed by atoms with van der Waals surface area (Å²) in [6, 6.07) is 5.45. The van der Waals surface area contributed by atoms with Crippen LogP contribution in [0, 0.1) is 0 Å². The molecule has 0 saturated heterocycles. The van der Waals surface area contributed by atoms with Crippen LogP contribution in [-0.2, 0) is 22.6 Å². The van der Waals surface area contributed by atoms with E-state index in [0.29, 0.717) is 30.6 Å². The van der Waals surface area contributed by atoms with Gasteiger partial charge in [0.15, 0.2) is 0 Å². The van der Waals surface area contributed by atoms with Gasteiger partial charge in [0.2, 0.25) is 0 Å². The molecule has 0 aliphatic rings. The van der Waals surface area contributed by atoms with E-state index in [-0.39, 0.29) is 0 Å². The lowest BCUT2D eigenvalue weighted by atomic mass is 10.2. The molecule has 0 fully saturated rings. The second-order valence-corrected chi connectivity index (χ2v) is 5.09. The Hall–Kier alpha value is -1.15. The maximum absolute atomic E-state index is 10.7. The first-order valence-corrected chi connectivity index (χ1v) is 7.12. The van der Waals surface area contributed by atoms with Crippen LogP contribution in [0.1, 0.15) is 19.4 Å².